The van der Waals surface area contributed by atoms with E-state index in [-0.39, 0.29) is 5.75 Å². The molecule has 1 unspecified atom stereocenters. The van der Waals surface area contributed by atoms with E-state index in [1.54, 1.807) is 12.1 Å². The molecule has 0 amide bonds. The molecule has 0 aliphatic rings. The minimum atomic E-state index is 0.272. The molecule has 3 rings (SSSR count). The van der Waals surface area contributed by atoms with Crippen LogP contribution in [0.1, 0.15) is 57.9 Å². The molecule has 1 heterocycles. The Morgan fingerprint density at radius 1 is 0.875 bits per heavy atom. The second-order valence-corrected chi connectivity index (χ2v) is 8.32. The Kier molecular flexibility index (Phi) is 9.52. The van der Waals surface area contributed by atoms with Crippen molar-refractivity contribution in [1.29, 1.82) is 0 Å². The lowest BCUT2D eigenvalue weighted by Gasteiger charge is -2.12. The maximum absolute atomic E-state index is 9.44. The van der Waals surface area contributed by atoms with Crippen molar-refractivity contribution in [3.8, 4) is 28.1 Å². The van der Waals surface area contributed by atoms with Gasteiger partial charge in [-0.1, -0.05) is 74.4 Å². The minimum Gasteiger partial charge on any atom is -0.508 e. The van der Waals surface area contributed by atoms with Gasteiger partial charge in [0.15, 0.2) is 0 Å². The molecule has 168 valence electrons. The number of allylic oxidation sites excluding steroid dienone is 1. The molecule has 0 fully saturated rings. The highest BCUT2D eigenvalue weighted by Gasteiger charge is 2.03. The molecule has 0 saturated carbocycles. The number of benzene rings is 2. The zero-order valence-corrected chi connectivity index (χ0v) is 19.3. The summed E-state index contributed by atoms with van der Waals surface area (Å²) in [5, 5.41) is 9.44. The summed E-state index contributed by atoms with van der Waals surface area (Å²) in [6.07, 6.45) is 13.7. The monoisotopic (exact) mass is 429 g/mol. The molecule has 3 nitrogen and oxygen atoms in total. The molecular weight excluding hydrogens is 394 g/mol. The van der Waals surface area contributed by atoms with Gasteiger partial charge in [0.05, 0.1) is 11.8 Å². The fourth-order valence-electron chi connectivity index (χ4n) is 3.62. The normalized spacial score (nSPS) is 12.3. The first-order valence-electron chi connectivity index (χ1n) is 11.8. The van der Waals surface area contributed by atoms with Gasteiger partial charge in [0.25, 0.3) is 0 Å². The molecule has 1 atom stereocenters. The van der Waals surface area contributed by atoms with Crippen molar-refractivity contribution >= 4 is 6.08 Å². The van der Waals surface area contributed by atoms with E-state index in [1.165, 1.54) is 24.8 Å². The third-order valence-electron chi connectivity index (χ3n) is 5.61. The average molecular weight is 430 g/mol. The quantitative estimate of drug-likeness (QED) is 0.298. The number of rotatable bonds is 12. The second kappa shape index (κ2) is 12.8. The number of hydrogen-bond acceptors (Lipinski definition) is 3. The molecule has 3 aromatic rings. The number of aromatic hydroxyl groups is 1. The van der Waals surface area contributed by atoms with Gasteiger partial charge in [-0.25, -0.2) is 0 Å². The van der Waals surface area contributed by atoms with E-state index in [4.69, 9.17) is 4.74 Å². The van der Waals surface area contributed by atoms with E-state index in [9.17, 15) is 5.11 Å². The summed E-state index contributed by atoms with van der Waals surface area (Å²) in [5.41, 5.74) is 5.34. The fraction of sp³-hybridized carbons (Fsp3) is 0.345. The molecule has 0 radical (unpaired) electrons. The smallest absolute Gasteiger partial charge is 0.115 e. The molecule has 1 N–H and O–H groups in total. The Labute approximate surface area is 192 Å². The molecule has 0 aliphatic heterocycles. The number of hydrogen-bond donors (Lipinski definition) is 1. The third kappa shape index (κ3) is 7.65. The summed E-state index contributed by atoms with van der Waals surface area (Å²) in [5.74, 6) is 0.272. The van der Waals surface area contributed by atoms with Crippen LogP contribution in [0.5, 0.6) is 5.75 Å². The van der Waals surface area contributed by atoms with Gasteiger partial charge < -0.3 is 9.84 Å². The van der Waals surface area contributed by atoms with Crippen LogP contribution < -0.4 is 0 Å². The van der Waals surface area contributed by atoms with E-state index >= 15 is 0 Å². The van der Waals surface area contributed by atoms with E-state index in [2.05, 4.69) is 61.3 Å². The number of phenols is 1. The SMILES string of the molecule is CCCCCOC(C)CCC/C=C/c1ccc(-c2ccc(-c3ccc(O)cc3)cn2)cc1. The number of phenolic OH excluding ortho intramolecular Hbond substituents is 1. The molecule has 0 spiro atoms. The standard InChI is InChI=1S/C29H35NO2/c1-3-4-8-21-32-23(2)9-6-5-7-10-24-11-13-26(14-12-24)29-20-17-27(22-30-29)25-15-18-28(31)19-16-25/h7,10-20,22-23,31H,3-6,8-9,21H2,1-2H3/b10-7+. The highest BCUT2D eigenvalue weighted by molar-refractivity contribution is 5.68. The number of ether oxygens (including phenoxy) is 1. The van der Waals surface area contributed by atoms with Crippen LogP contribution in [0.3, 0.4) is 0 Å². The van der Waals surface area contributed by atoms with Crippen molar-refractivity contribution in [2.24, 2.45) is 0 Å². The Morgan fingerprint density at radius 2 is 1.59 bits per heavy atom. The molecule has 2 aromatic carbocycles. The molecule has 0 bridgehead atoms. The highest BCUT2D eigenvalue weighted by Crippen LogP contribution is 2.24. The van der Waals surface area contributed by atoms with Crippen LogP contribution in [-0.2, 0) is 4.74 Å². The van der Waals surface area contributed by atoms with Crippen molar-refractivity contribution in [3.63, 3.8) is 0 Å². The van der Waals surface area contributed by atoms with E-state index in [0.29, 0.717) is 6.10 Å². The average Bonchev–Trinajstić information content (AvgIpc) is 2.83. The van der Waals surface area contributed by atoms with Crippen LogP contribution in [0, 0.1) is 0 Å². The molecular formula is C29H35NO2. The summed E-state index contributed by atoms with van der Waals surface area (Å²) in [4.78, 5) is 4.62. The van der Waals surface area contributed by atoms with Crippen molar-refractivity contribution in [1.82, 2.24) is 4.98 Å². The van der Waals surface area contributed by atoms with Crippen molar-refractivity contribution < 1.29 is 9.84 Å². The molecule has 0 saturated heterocycles. The van der Waals surface area contributed by atoms with Gasteiger partial charge >= 0.3 is 0 Å². The van der Waals surface area contributed by atoms with Crippen LogP contribution in [0.2, 0.25) is 0 Å². The number of pyridine rings is 1. The summed E-state index contributed by atoms with van der Waals surface area (Å²) >= 11 is 0. The molecule has 32 heavy (non-hydrogen) atoms. The predicted molar refractivity (Wildman–Crippen MR) is 135 cm³/mol. The van der Waals surface area contributed by atoms with Gasteiger partial charge in [-0.2, -0.15) is 0 Å². The van der Waals surface area contributed by atoms with Gasteiger partial charge in [0.2, 0.25) is 0 Å². The van der Waals surface area contributed by atoms with E-state index in [1.807, 2.05) is 24.4 Å². The molecule has 0 aliphatic carbocycles. The largest absolute Gasteiger partial charge is 0.508 e. The Bertz CT molecular complexity index is 944. The lowest BCUT2D eigenvalue weighted by molar-refractivity contribution is 0.0566. The lowest BCUT2D eigenvalue weighted by atomic mass is 10.0. The zero-order valence-electron chi connectivity index (χ0n) is 19.3. The van der Waals surface area contributed by atoms with Crippen molar-refractivity contribution in [3.05, 3.63) is 78.5 Å². The van der Waals surface area contributed by atoms with Gasteiger partial charge in [-0.15, -0.1) is 0 Å². The van der Waals surface area contributed by atoms with Gasteiger partial charge in [-0.3, -0.25) is 4.98 Å². The fourth-order valence-corrected chi connectivity index (χ4v) is 3.62. The predicted octanol–water partition coefficient (Wildman–Crippen LogP) is 7.90. The third-order valence-corrected chi connectivity index (χ3v) is 5.61. The summed E-state index contributed by atoms with van der Waals surface area (Å²) in [6, 6.07) is 19.8. The number of nitrogens with zero attached hydrogens (tertiary/aromatic N) is 1. The summed E-state index contributed by atoms with van der Waals surface area (Å²) in [6.45, 7) is 5.29. The Hall–Kier alpha value is -2.91. The van der Waals surface area contributed by atoms with Crippen molar-refractivity contribution in [2.45, 2.75) is 58.5 Å². The van der Waals surface area contributed by atoms with E-state index in [0.717, 1.165) is 48.3 Å². The maximum atomic E-state index is 9.44. The first-order valence-corrected chi connectivity index (χ1v) is 11.8. The second-order valence-electron chi connectivity index (χ2n) is 8.32. The van der Waals surface area contributed by atoms with Gasteiger partial charge in [0, 0.05) is 23.9 Å². The van der Waals surface area contributed by atoms with Crippen molar-refractivity contribution in [2.75, 3.05) is 6.61 Å². The summed E-state index contributed by atoms with van der Waals surface area (Å²) in [7, 11) is 0. The van der Waals surface area contributed by atoms with Crippen LogP contribution in [0.25, 0.3) is 28.5 Å². The maximum Gasteiger partial charge on any atom is 0.115 e. The Morgan fingerprint density at radius 3 is 2.28 bits per heavy atom. The van der Waals surface area contributed by atoms with Gasteiger partial charge in [-0.05, 0) is 61.9 Å². The first kappa shape index (κ1) is 23.7. The Balaban J connectivity index is 1.45. The number of unbranched alkanes of at least 4 members (excludes halogenated alkanes) is 3. The lowest BCUT2D eigenvalue weighted by Crippen LogP contribution is -2.08. The zero-order chi connectivity index (χ0) is 22.6. The topological polar surface area (TPSA) is 42.4 Å². The molecule has 3 heteroatoms. The minimum absolute atomic E-state index is 0.272. The summed E-state index contributed by atoms with van der Waals surface area (Å²) < 4.78 is 5.86. The van der Waals surface area contributed by atoms with Gasteiger partial charge in [0.1, 0.15) is 5.75 Å². The first-order chi connectivity index (χ1) is 15.7. The van der Waals surface area contributed by atoms with E-state index < -0.39 is 0 Å². The number of aromatic nitrogens is 1. The van der Waals surface area contributed by atoms with Crippen LogP contribution in [-0.4, -0.2) is 22.8 Å². The van der Waals surface area contributed by atoms with Crippen LogP contribution in [0.15, 0.2) is 72.9 Å². The molecule has 1 aromatic heterocycles. The van der Waals surface area contributed by atoms with Crippen LogP contribution in [0.4, 0.5) is 0 Å². The van der Waals surface area contributed by atoms with Crippen LogP contribution >= 0.6 is 0 Å². The highest BCUT2D eigenvalue weighted by atomic mass is 16.5.